The molecule has 2 rings (SSSR count). The zero-order valence-electron chi connectivity index (χ0n) is 10.3. The molecule has 1 aromatic rings. The molecule has 0 radical (unpaired) electrons. The Morgan fingerprint density at radius 3 is 2.72 bits per heavy atom. The highest BCUT2D eigenvalue weighted by Crippen LogP contribution is 2.31. The third-order valence-corrected chi connectivity index (χ3v) is 3.49. The van der Waals surface area contributed by atoms with Crippen molar-refractivity contribution in [2.75, 3.05) is 18.1 Å². The SMILES string of the molecule is O=Cc1ccc(N(CCCO)C2CCC2)c(F)c1. The van der Waals surface area contributed by atoms with Crippen LogP contribution in [0.5, 0.6) is 0 Å². The Morgan fingerprint density at radius 2 is 2.22 bits per heavy atom. The minimum absolute atomic E-state index is 0.108. The standard InChI is InChI=1S/C14H18FNO2/c15-13-9-11(10-18)5-6-14(13)16(7-2-8-17)12-3-1-4-12/h5-6,9-10,12,17H,1-4,7-8H2. The van der Waals surface area contributed by atoms with Crippen molar-refractivity contribution in [2.24, 2.45) is 0 Å². The van der Waals surface area contributed by atoms with Crippen molar-refractivity contribution in [1.82, 2.24) is 0 Å². The van der Waals surface area contributed by atoms with E-state index in [4.69, 9.17) is 5.11 Å². The van der Waals surface area contributed by atoms with E-state index >= 15 is 0 Å². The van der Waals surface area contributed by atoms with Gasteiger partial charge in [-0.3, -0.25) is 4.79 Å². The summed E-state index contributed by atoms with van der Waals surface area (Å²) in [5.74, 6) is -0.357. The first-order valence-corrected chi connectivity index (χ1v) is 6.38. The zero-order valence-corrected chi connectivity index (χ0v) is 10.3. The number of aliphatic hydroxyl groups is 1. The van der Waals surface area contributed by atoms with Gasteiger partial charge in [-0.2, -0.15) is 0 Å². The van der Waals surface area contributed by atoms with Crippen LogP contribution in [0.15, 0.2) is 18.2 Å². The Kier molecular flexibility index (Phi) is 4.31. The van der Waals surface area contributed by atoms with Crippen LogP contribution in [0.2, 0.25) is 0 Å². The average Bonchev–Trinajstić information content (AvgIpc) is 2.32. The predicted octanol–water partition coefficient (Wildman–Crippen LogP) is 2.38. The molecule has 1 fully saturated rings. The van der Waals surface area contributed by atoms with Gasteiger partial charge >= 0.3 is 0 Å². The molecule has 1 aliphatic carbocycles. The van der Waals surface area contributed by atoms with Gasteiger partial charge in [0.25, 0.3) is 0 Å². The predicted molar refractivity (Wildman–Crippen MR) is 68.5 cm³/mol. The van der Waals surface area contributed by atoms with Crippen LogP contribution in [0.25, 0.3) is 0 Å². The number of hydrogen-bond donors (Lipinski definition) is 1. The Hall–Kier alpha value is -1.42. The van der Waals surface area contributed by atoms with Crippen LogP contribution in [0.4, 0.5) is 10.1 Å². The number of anilines is 1. The fraction of sp³-hybridized carbons (Fsp3) is 0.500. The van der Waals surface area contributed by atoms with Gasteiger partial charge in [-0.15, -0.1) is 0 Å². The van der Waals surface area contributed by atoms with Crippen molar-refractivity contribution in [3.05, 3.63) is 29.6 Å². The molecular weight excluding hydrogens is 233 g/mol. The lowest BCUT2D eigenvalue weighted by molar-refractivity contribution is 0.112. The first-order valence-electron chi connectivity index (χ1n) is 6.38. The monoisotopic (exact) mass is 251 g/mol. The summed E-state index contributed by atoms with van der Waals surface area (Å²) >= 11 is 0. The topological polar surface area (TPSA) is 40.5 Å². The van der Waals surface area contributed by atoms with E-state index < -0.39 is 0 Å². The number of hydrogen-bond acceptors (Lipinski definition) is 3. The quantitative estimate of drug-likeness (QED) is 0.789. The highest BCUT2D eigenvalue weighted by atomic mass is 19.1. The second-order valence-electron chi connectivity index (χ2n) is 4.68. The second-order valence-corrected chi connectivity index (χ2v) is 4.68. The highest BCUT2D eigenvalue weighted by Gasteiger charge is 2.26. The second kappa shape index (κ2) is 5.96. The lowest BCUT2D eigenvalue weighted by atomic mass is 9.90. The van der Waals surface area contributed by atoms with Gasteiger partial charge in [0.1, 0.15) is 12.1 Å². The van der Waals surface area contributed by atoms with E-state index in [-0.39, 0.29) is 12.4 Å². The molecule has 0 spiro atoms. The molecule has 1 aromatic carbocycles. The van der Waals surface area contributed by atoms with Crippen LogP contribution in [-0.4, -0.2) is 30.6 Å². The Bertz CT molecular complexity index is 418. The summed E-state index contributed by atoms with van der Waals surface area (Å²) in [6, 6.07) is 4.94. The molecule has 1 N–H and O–H groups in total. The Labute approximate surface area is 106 Å². The molecular formula is C14H18FNO2. The average molecular weight is 251 g/mol. The fourth-order valence-electron chi connectivity index (χ4n) is 2.27. The number of benzene rings is 1. The van der Waals surface area contributed by atoms with Gasteiger partial charge in [-0.1, -0.05) is 0 Å². The molecule has 0 amide bonds. The molecule has 0 atom stereocenters. The molecule has 0 bridgehead atoms. The first kappa shape index (κ1) is 13.0. The van der Waals surface area contributed by atoms with Crippen LogP contribution in [0, 0.1) is 5.82 Å². The van der Waals surface area contributed by atoms with Gasteiger partial charge in [-0.25, -0.2) is 4.39 Å². The third kappa shape index (κ3) is 2.70. The van der Waals surface area contributed by atoms with Crippen LogP contribution in [0.1, 0.15) is 36.0 Å². The van der Waals surface area contributed by atoms with E-state index in [0.29, 0.717) is 36.5 Å². The number of rotatable bonds is 6. The molecule has 1 saturated carbocycles. The number of aliphatic hydroxyl groups excluding tert-OH is 1. The Morgan fingerprint density at radius 1 is 1.44 bits per heavy atom. The van der Waals surface area contributed by atoms with Crippen LogP contribution >= 0.6 is 0 Å². The van der Waals surface area contributed by atoms with Crippen molar-refractivity contribution in [2.45, 2.75) is 31.7 Å². The number of carbonyl (C=O) groups excluding carboxylic acids is 1. The van der Waals surface area contributed by atoms with Crippen molar-refractivity contribution < 1.29 is 14.3 Å². The Balaban J connectivity index is 2.20. The maximum atomic E-state index is 14.0. The summed E-state index contributed by atoms with van der Waals surface area (Å²) in [4.78, 5) is 12.6. The maximum Gasteiger partial charge on any atom is 0.150 e. The summed E-state index contributed by atoms with van der Waals surface area (Å²) in [5.41, 5.74) is 0.894. The van der Waals surface area contributed by atoms with E-state index in [1.165, 1.54) is 12.5 Å². The molecule has 0 aliphatic heterocycles. The lowest BCUT2D eigenvalue weighted by Gasteiger charge is -2.39. The van der Waals surface area contributed by atoms with Gasteiger partial charge < -0.3 is 10.0 Å². The fourth-order valence-corrected chi connectivity index (χ4v) is 2.27. The summed E-state index contributed by atoms with van der Waals surface area (Å²) in [6.45, 7) is 0.760. The minimum Gasteiger partial charge on any atom is -0.396 e. The molecule has 0 unspecified atom stereocenters. The van der Waals surface area contributed by atoms with Crippen molar-refractivity contribution in [3.63, 3.8) is 0 Å². The van der Waals surface area contributed by atoms with E-state index in [9.17, 15) is 9.18 Å². The maximum absolute atomic E-state index is 14.0. The molecule has 18 heavy (non-hydrogen) atoms. The van der Waals surface area contributed by atoms with E-state index in [0.717, 1.165) is 12.8 Å². The van der Waals surface area contributed by atoms with Crippen LogP contribution < -0.4 is 4.90 Å². The molecule has 98 valence electrons. The largest absolute Gasteiger partial charge is 0.396 e. The van der Waals surface area contributed by atoms with Gasteiger partial charge in [-0.05, 0) is 43.9 Å². The van der Waals surface area contributed by atoms with Crippen molar-refractivity contribution in [3.8, 4) is 0 Å². The summed E-state index contributed by atoms with van der Waals surface area (Å²) in [7, 11) is 0. The lowest BCUT2D eigenvalue weighted by Crippen LogP contribution is -2.41. The zero-order chi connectivity index (χ0) is 13.0. The summed E-state index contributed by atoms with van der Waals surface area (Å²) < 4.78 is 14.0. The van der Waals surface area contributed by atoms with E-state index in [1.807, 2.05) is 4.90 Å². The van der Waals surface area contributed by atoms with Crippen molar-refractivity contribution in [1.29, 1.82) is 0 Å². The molecule has 3 nitrogen and oxygen atoms in total. The van der Waals surface area contributed by atoms with E-state index in [1.54, 1.807) is 12.1 Å². The highest BCUT2D eigenvalue weighted by molar-refractivity contribution is 5.76. The molecule has 0 aromatic heterocycles. The molecule has 1 aliphatic rings. The summed E-state index contributed by atoms with van der Waals surface area (Å²) in [6.07, 6.45) is 4.59. The number of nitrogens with zero attached hydrogens (tertiary/aromatic N) is 1. The van der Waals surface area contributed by atoms with Crippen LogP contribution in [-0.2, 0) is 0 Å². The minimum atomic E-state index is -0.357. The molecule has 4 heteroatoms. The van der Waals surface area contributed by atoms with Gasteiger partial charge in [0.15, 0.2) is 0 Å². The van der Waals surface area contributed by atoms with Gasteiger partial charge in [0.05, 0.1) is 5.69 Å². The first-order chi connectivity index (χ1) is 8.76. The van der Waals surface area contributed by atoms with Gasteiger partial charge in [0.2, 0.25) is 0 Å². The number of carbonyl (C=O) groups is 1. The van der Waals surface area contributed by atoms with Crippen LogP contribution in [0.3, 0.4) is 0 Å². The number of aldehydes is 1. The molecule has 0 saturated heterocycles. The smallest absolute Gasteiger partial charge is 0.150 e. The number of halogens is 1. The van der Waals surface area contributed by atoms with Crippen molar-refractivity contribution >= 4 is 12.0 Å². The van der Waals surface area contributed by atoms with E-state index in [2.05, 4.69) is 0 Å². The van der Waals surface area contributed by atoms with Gasteiger partial charge in [0, 0.05) is 24.8 Å². The summed E-state index contributed by atoms with van der Waals surface area (Å²) in [5, 5.41) is 8.92. The normalized spacial score (nSPS) is 15.2. The third-order valence-electron chi connectivity index (χ3n) is 3.49. The molecule has 0 heterocycles.